The van der Waals surface area contributed by atoms with Gasteiger partial charge in [-0.25, -0.2) is 9.07 Å². The summed E-state index contributed by atoms with van der Waals surface area (Å²) in [6.45, 7) is 3.71. The number of amides is 1. The summed E-state index contributed by atoms with van der Waals surface area (Å²) in [7, 11) is 0. The fourth-order valence-electron chi connectivity index (χ4n) is 3.37. The maximum Gasteiger partial charge on any atom is 0.278 e. The summed E-state index contributed by atoms with van der Waals surface area (Å²) < 4.78 is 20.6. The Hall–Kier alpha value is -3.15. The molecular formula is C22H22FN3O2. The normalized spacial score (nSPS) is 13.3. The van der Waals surface area contributed by atoms with Gasteiger partial charge in [0.15, 0.2) is 11.4 Å². The molecule has 2 heterocycles. The highest BCUT2D eigenvalue weighted by atomic mass is 19.1. The van der Waals surface area contributed by atoms with Crippen molar-refractivity contribution >= 4 is 5.91 Å². The number of benzene rings is 2. The van der Waals surface area contributed by atoms with Gasteiger partial charge in [0.25, 0.3) is 5.91 Å². The first-order chi connectivity index (χ1) is 13.7. The monoisotopic (exact) mass is 379 g/mol. The fourth-order valence-corrected chi connectivity index (χ4v) is 3.37. The predicted octanol–water partition coefficient (Wildman–Crippen LogP) is 4.00. The van der Waals surface area contributed by atoms with Gasteiger partial charge in [-0.05, 0) is 48.2 Å². The average molecular weight is 379 g/mol. The minimum atomic E-state index is -0.318. The first kappa shape index (κ1) is 18.2. The Balaban J connectivity index is 1.63. The number of hydrogen-bond donors (Lipinski definition) is 0. The number of aromatic nitrogens is 2. The zero-order valence-electron chi connectivity index (χ0n) is 15.8. The third-order valence-corrected chi connectivity index (χ3v) is 4.85. The molecule has 0 unspecified atom stereocenters. The highest BCUT2D eigenvalue weighted by molar-refractivity contribution is 5.95. The number of rotatable bonds is 5. The van der Waals surface area contributed by atoms with E-state index in [1.165, 1.54) is 17.7 Å². The van der Waals surface area contributed by atoms with Crippen molar-refractivity contribution in [3.63, 3.8) is 0 Å². The van der Waals surface area contributed by atoms with Crippen molar-refractivity contribution < 1.29 is 13.9 Å². The lowest BCUT2D eigenvalue weighted by molar-refractivity contribution is 0.0724. The van der Waals surface area contributed by atoms with Crippen LogP contribution in [-0.2, 0) is 13.0 Å². The molecule has 6 heteroatoms. The second kappa shape index (κ2) is 7.84. The van der Waals surface area contributed by atoms with Gasteiger partial charge in [-0.1, -0.05) is 31.2 Å². The van der Waals surface area contributed by atoms with Crippen LogP contribution in [0, 0.1) is 5.82 Å². The first-order valence-electron chi connectivity index (χ1n) is 9.50. The number of carbonyl (C=O) groups is 1. The lowest BCUT2D eigenvalue weighted by Gasteiger charge is -2.28. The molecule has 0 spiro atoms. The molecule has 0 atom stereocenters. The lowest BCUT2D eigenvalue weighted by atomic mass is 10.00. The van der Waals surface area contributed by atoms with Crippen LogP contribution in [0.25, 0.3) is 5.69 Å². The minimum Gasteiger partial charge on any atom is -0.489 e. The highest BCUT2D eigenvalue weighted by Gasteiger charge is 2.27. The summed E-state index contributed by atoms with van der Waals surface area (Å²) in [6, 6.07) is 14.2. The van der Waals surface area contributed by atoms with Crippen molar-refractivity contribution in [1.29, 1.82) is 0 Å². The Morgan fingerprint density at radius 3 is 2.64 bits per heavy atom. The van der Waals surface area contributed by atoms with E-state index < -0.39 is 0 Å². The molecular weight excluding hydrogens is 357 g/mol. The number of fused-ring (bicyclic) bond motifs is 1. The van der Waals surface area contributed by atoms with Gasteiger partial charge in [0.05, 0.1) is 18.5 Å². The maximum atomic E-state index is 13.2. The zero-order valence-corrected chi connectivity index (χ0v) is 15.8. The van der Waals surface area contributed by atoms with Crippen molar-refractivity contribution in [1.82, 2.24) is 14.7 Å². The van der Waals surface area contributed by atoms with Gasteiger partial charge in [-0.15, -0.1) is 0 Å². The number of nitrogens with zero attached hydrogens (tertiary/aromatic N) is 3. The van der Waals surface area contributed by atoms with Crippen LogP contribution in [0.15, 0.2) is 54.7 Å². The summed E-state index contributed by atoms with van der Waals surface area (Å²) >= 11 is 0. The van der Waals surface area contributed by atoms with Crippen LogP contribution >= 0.6 is 0 Å². The third-order valence-electron chi connectivity index (χ3n) is 4.85. The minimum absolute atomic E-state index is 0.151. The molecule has 1 amide bonds. The van der Waals surface area contributed by atoms with Crippen LogP contribution in [-0.4, -0.2) is 33.7 Å². The van der Waals surface area contributed by atoms with Gasteiger partial charge >= 0.3 is 0 Å². The van der Waals surface area contributed by atoms with Crippen LogP contribution < -0.4 is 4.74 Å². The van der Waals surface area contributed by atoms with E-state index in [4.69, 9.17) is 4.74 Å². The van der Waals surface area contributed by atoms with E-state index in [0.29, 0.717) is 31.1 Å². The van der Waals surface area contributed by atoms with Crippen LogP contribution in [0.2, 0.25) is 0 Å². The third kappa shape index (κ3) is 3.63. The van der Waals surface area contributed by atoms with Crippen molar-refractivity contribution in [2.24, 2.45) is 0 Å². The summed E-state index contributed by atoms with van der Waals surface area (Å²) in [5, 5.41) is 4.47. The summed E-state index contributed by atoms with van der Waals surface area (Å²) in [5.41, 5.74) is 3.41. The van der Waals surface area contributed by atoms with Gasteiger partial charge in [-0.3, -0.25) is 4.79 Å². The Morgan fingerprint density at radius 1 is 1.14 bits per heavy atom. The van der Waals surface area contributed by atoms with Crippen LogP contribution in [0.5, 0.6) is 5.75 Å². The first-order valence-corrected chi connectivity index (χ1v) is 9.50. The lowest BCUT2D eigenvalue weighted by Crippen LogP contribution is -2.36. The molecule has 0 fully saturated rings. The van der Waals surface area contributed by atoms with E-state index in [9.17, 15) is 9.18 Å². The largest absolute Gasteiger partial charge is 0.489 e. The highest BCUT2D eigenvalue weighted by Crippen LogP contribution is 2.25. The topological polar surface area (TPSA) is 47.4 Å². The molecule has 1 aromatic heterocycles. The molecule has 2 aromatic carbocycles. The molecule has 4 rings (SSSR count). The van der Waals surface area contributed by atoms with Gasteiger partial charge < -0.3 is 9.64 Å². The molecule has 0 bridgehead atoms. The zero-order chi connectivity index (χ0) is 19.5. The Bertz CT molecular complexity index is 982. The van der Waals surface area contributed by atoms with E-state index in [1.807, 2.05) is 19.1 Å². The van der Waals surface area contributed by atoms with Gasteiger partial charge in [-0.2, -0.15) is 5.10 Å². The maximum absolute atomic E-state index is 13.2. The predicted molar refractivity (Wildman–Crippen MR) is 104 cm³/mol. The van der Waals surface area contributed by atoms with Gasteiger partial charge in [0.1, 0.15) is 5.82 Å². The fraction of sp³-hybridized carbons (Fsp3) is 0.273. The molecule has 0 radical (unpaired) electrons. The molecule has 144 valence electrons. The smallest absolute Gasteiger partial charge is 0.278 e. The van der Waals surface area contributed by atoms with Crippen molar-refractivity contribution in [2.45, 2.75) is 26.3 Å². The standard InChI is InChI=1S/C22H22FN3O2/c1-2-13-28-20-15-26(19-9-7-18(23)8-10-19)24-21(20)22(27)25-12-11-16-5-3-4-6-17(16)14-25/h3-10,15H,2,11-14H2,1H3. The molecule has 0 N–H and O–H groups in total. The van der Waals surface area contributed by atoms with Crippen LogP contribution in [0.1, 0.15) is 35.0 Å². The number of halogens is 1. The van der Waals surface area contributed by atoms with Crippen molar-refractivity contribution in [3.05, 3.63) is 77.4 Å². The number of ether oxygens (including phenoxy) is 1. The van der Waals surface area contributed by atoms with Gasteiger partial charge in [0.2, 0.25) is 0 Å². The van der Waals surface area contributed by atoms with E-state index in [2.05, 4.69) is 17.2 Å². The van der Waals surface area contributed by atoms with E-state index in [1.54, 1.807) is 27.9 Å². The second-order valence-corrected chi connectivity index (χ2v) is 6.86. The molecule has 28 heavy (non-hydrogen) atoms. The SMILES string of the molecule is CCCOc1cn(-c2ccc(F)cc2)nc1C(=O)N1CCc2ccccc2C1. The number of carbonyl (C=O) groups excluding carboxylic acids is 1. The second-order valence-electron chi connectivity index (χ2n) is 6.86. The average Bonchev–Trinajstić information content (AvgIpc) is 3.16. The quantitative estimate of drug-likeness (QED) is 0.673. The molecule has 0 saturated carbocycles. The molecule has 3 aromatic rings. The van der Waals surface area contributed by atoms with E-state index in [-0.39, 0.29) is 17.4 Å². The Labute approximate surface area is 163 Å². The van der Waals surface area contributed by atoms with E-state index in [0.717, 1.165) is 18.4 Å². The molecule has 0 aliphatic carbocycles. The van der Waals surface area contributed by atoms with Crippen LogP contribution in [0.4, 0.5) is 4.39 Å². The summed E-state index contributed by atoms with van der Waals surface area (Å²) in [6.07, 6.45) is 3.34. The molecule has 1 aliphatic heterocycles. The van der Waals surface area contributed by atoms with E-state index >= 15 is 0 Å². The summed E-state index contributed by atoms with van der Waals surface area (Å²) in [5.74, 6) is -0.0156. The van der Waals surface area contributed by atoms with Crippen molar-refractivity contribution in [3.8, 4) is 11.4 Å². The number of hydrogen-bond acceptors (Lipinski definition) is 3. The summed E-state index contributed by atoms with van der Waals surface area (Å²) in [4.78, 5) is 15.0. The molecule has 5 nitrogen and oxygen atoms in total. The molecule has 1 aliphatic rings. The Kier molecular flexibility index (Phi) is 5.10. The van der Waals surface area contributed by atoms with Gasteiger partial charge in [0, 0.05) is 13.1 Å². The Morgan fingerprint density at radius 2 is 1.89 bits per heavy atom. The molecule has 0 saturated heterocycles. The van der Waals surface area contributed by atoms with Crippen LogP contribution in [0.3, 0.4) is 0 Å². The van der Waals surface area contributed by atoms with Crippen molar-refractivity contribution in [2.75, 3.05) is 13.2 Å².